The third kappa shape index (κ3) is 4.87. The van der Waals surface area contributed by atoms with E-state index in [4.69, 9.17) is 0 Å². The first kappa shape index (κ1) is 33.4. The van der Waals surface area contributed by atoms with Crippen LogP contribution in [0.3, 0.4) is 0 Å². The van der Waals surface area contributed by atoms with Crippen LogP contribution in [-0.4, -0.2) is 0 Å². The van der Waals surface area contributed by atoms with Crippen LogP contribution in [0.4, 0.5) is 17.1 Å². The first-order valence-electron chi connectivity index (χ1n) is 19.8. The van der Waals surface area contributed by atoms with Crippen molar-refractivity contribution in [1.82, 2.24) is 0 Å². The van der Waals surface area contributed by atoms with Crippen molar-refractivity contribution in [3.63, 3.8) is 0 Å². The minimum atomic E-state index is -0.442. The van der Waals surface area contributed by atoms with Crippen LogP contribution in [0.1, 0.15) is 22.3 Å². The molecule has 0 N–H and O–H groups in total. The first-order chi connectivity index (χ1) is 28.8. The maximum Gasteiger partial charge on any atom is 0.0714 e. The Morgan fingerprint density at radius 3 is 1.79 bits per heavy atom. The molecule has 0 saturated carbocycles. The van der Waals surface area contributed by atoms with Crippen LogP contribution in [0.25, 0.3) is 62.6 Å². The second-order valence-electron chi connectivity index (χ2n) is 15.2. The Bertz CT molecular complexity index is 3310. The van der Waals surface area contributed by atoms with Gasteiger partial charge in [0.2, 0.25) is 0 Å². The molecule has 1 aliphatic carbocycles. The lowest BCUT2D eigenvalue weighted by Crippen LogP contribution is -2.28. The molecule has 0 spiro atoms. The van der Waals surface area contributed by atoms with Gasteiger partial charge in [0, 0.05) is 41.3 Å². The fourth-order valence-corrected chi connectivity index (χ4v) is 12.1. The quantitative estimate of drug-likeness (QED) is 0.163. The van der Waals surface area contributed by atoms with Gasteiger partial charge in [0.05, 0.1) is 21.5 Å². The Kier molecular flexibility index (Phi) is 7.56. The van der Waals surface area contributed by atoms with Gasteiger partial charge < -0.3 is 4.90 Å². The summed E-state index contributed by atoms with van der Waals surface area (Å²) < 4.78 is 5.15. The fraction of sp³-hybridized carbons (Fsp3) is 0.0182. The Labute approximate surface area is 345 Å². The van der Waals surface area contributed by atoms with E-state index < -0.39 is 5.41 Å². The molecule has 1 nitrogen and oxygen atoms in total. The number of hydrogen-bond donors (Lipinski definition) is 0. The monoisotopic (exact) mass is 773 g/mol. The lowest BCUT2D eigenvalue weighted by atomic mass is 9.67. The summed E-state index contributed by atoms with van der Waals surface area (Å²) in [5.41, 5.74) is 13.3. The zero-order valence-electron chi connectivity index (χ0n) is 31.5. The molecule has 272 valence electrons. The van der Waals surface area contributed by atoms with E-state index in [0.29, 0.717) is 0 Å². The standard InChI is InChI=1S/C55H35NS2/c1-3-16-36(17-4-1)37-18-13-21-40(34-37)56(49-29-14-25-44-43-24-9-12-30-50(43)58-54(44)49)48-28-15-31-51-53(48)45-33-32-39(35-52(45)57-51)55(38-19-5-2-6-20-38)46-26-10-7-22-41(46)42-23-8-11-27-47(42)55/h1-35H. The van der Waals surface area contributed by atoms with Gasteiger partial charge in [-0.3, -0.25) is 0 Å². The summed E-state index contributed by atoms with van der Waals surface area (Å²) in [6.07, 6.45) is 0. The predicted octanol–water partition coefficient (Wildman–Crippen LogP) is 15.9. The van der Waals surface area contributed by atoms with Crippen LogP contribution < -0.4 is 4.90 Å². The van der Waals surface area contributed by atoms with Crippen molar-refractivity contribution in [2.45, 2.75) is 5.41 Å². The van der Waals surface area contributed by atoms with Gasteiger partial charge in [0.1, 0.15) is 0 Å². The van der Waals surface area contributed by atoms with E-state index in [-0.39, 0.29) is 0 Å². The topological polar surface area (TPSA) is 3.24 Å². The lowest BCUT2D eigenvalue weighted by molar-refractivity contribution is 0.770. The van der Waals surface area contributed by atoms with Gasteiger partial charge in [-0.25, -0.2) is 0 Å². The summed E-state index contributed by atoms with van der Waals surface area (Å²) >= 11 is 3.78. The number of nitrogens with zero attached hydrogens (tertiary/aromatic N) is 1. The van der Waals surface area contributed by atoms with Crippen molar-refractivity contribution in [2.24, 2.45) is 0 Å². The number of hydrogen-bond acceptors (Lipinski definition) is 3. The predicted molar refractivity (Wildman–Crippen MR) is 250 cm³/mol. The molecule has 0 saturated heterocycles. The number of benzene rings is 9. The zero-order valence-corrected chi connectivity index (χ0v) is 33.1. The number of anilines is 3. The van der Waals surface area contributed by atoms with E-state index in [9.17, 15) is 0 Å². The molecule has 9 aromatic carbocycles. The SMILES string of the molecule is c1ccc(-c2cccc(N(c3cccc4c3sc3ccccc34)c3cccc4sc5cc(C6(c7ccccc7)c7ccccc7-c7ccccc76)ccc5c34)c2)cc1. The molecule has 1 aliphatic rings. The van der Waals surface area contributed by atoms with Gasteiger partial charge in [0.25, 0.3) is 0 Å². The molecule has 3 heteroatoms. The van der Waals surface area contributed by atoms with Gasteiger partial charge in [-0.15, -0.1) is 22.7 Å². The van der Waals surface area contributed by atoms with Gasteiger partial charge in [-0.05, 0) is 87.0 Å². The molecule has 0 unspecified atom stereocenters. The van der Waals surface area contributed by atoms with Crippen LogP contribution in [0.5, 0.6) is 0 Å². The van der Waals surface area contributed by atoms with Crippen molar-refractivity contribution in [1.29, 1.82) is 0 Å². The van der Waals surface area contributed by atoms with E-state index in [0.717, 1.165) is 5.69 Å². The molecule has 0 radical (unpaired) electrons. The molecule has 0 aliphatic heterocycles. The molecular weight excluding hydrogens is 739 g/mol. The summed E-state index contributed by atoms with van der Waals surface area (Å²) in [4.78, 5) is 2.52. The summed E-state index contributed by atoms with van der Waals surface area (Å²) in [7, 11) is 0. The Morgan fingerprint density at radius 2 is 0.983 bits per heavy atom. The van der Waals surface area contributed by atoms with Crippen LogP contribution in [-0.2, 0) is 5.41 Å². The average molecular weight is 774 g/mol. The molecule has 2 aromatic heterocycles. The zero-order chi connectivity index (χ0) is 38.2. The summed E-state index contributed by atoms with van der Waals surface area (Å²) in [6.45, 7) is 0. The van der Waals surface area contributed by atoms with Crippen LogP contribution in [0.15, 0.2) is 212 Å². The van der Waals surface area contributed by atoms with E-state index in [2.05, 4.69) is 217 Å². The van der Waals surface area contributed by atoms with Crippen LogP contribution in [0.2, 0.25) is 0 Å². The number of fused-ring (bicyclic) bond motifs is 9. The highest BCUT2D eigenvalue weighted by atomic mass is 32.1. The maximum atomic E-state index is 2.52. The van der Waals surface area contributed by atoms with E-state index >= 15 is 0 Å². The van der Waals surface area contributed by atoms with Crippen molar-refractivity contribution in [3.8, 4) is 22.3 Å². The largest absolute Gasteiger partial charge is 0.308 e. The Hall–Kier alpha value is -6.78. The minimum absolute atomic E-state index is 0.442. The first-order valence-corrected chi connectivity index (χ1v) is 21.5. The van der Waals surface area contributed by atoms with Crippen molar-refractivity contribution >= 4 is 80.1 Å². The highest BCUT2D eigenvalue weighted by molar-refractivity contribution is 7.26. The molecule has 11 aromatic rings. The second kappa shape index (κ2) is 13.1. The lowest BCUT2D eigenvalue weighted by Gasteiger charge is -2.34. The average Bonchev–Trinajstić information content (AvgIpc) is 3.96. The fourth-order valence-electron chi connectivity index (χ4n) is 9.71. The third-order valence-electron chi connectivity index (χ3n) is 12.1. The van der Waals surface area contributed by atoms with Crippen molar-refractivity contribution < 1.29 is 0 Å². The molecule has 12 rings (SSSR count). The summed E-state index contributed by atoms with van der Waals surface area (Å²) in [5, 5.41) is 5.14. The van der Waals surface area contributed by atoms with Gasteiger partial charge in [0.15, 0.2) is 0 Å². The molecule has 0 bridgehead atoms. The molecule has 0 amide bonds. The molecule has 2 heterocycles. The van der Waals surface area contributed by atoms with Crippen molar-refractivity contribution in [2.75, 3.05) is 4.90 Å². The summed E-state index contributed by atoms with van der Waals surface area (Å²) in [5.74, 6) is 0. The van der Waals surface area contributed by atoms with Crippen LogP contribution >= 0.6 is 22.7 Å². The Morgan fingerprint density at radius 1 is 0.362 bits per heavy atom. The minimum Gasteiger partial charge on any atom is -0.308 e. The van der Waals surface area contributed by atoms with Gasteiger partial charge in [-0.1, -0.05) is 170 Å². The second-order valence-corrected chi connectivity index (χ2v) is 17.3. The third-order valence-corrected chi connectivity index (χ3v) is 14.5. The van der Waals surface area contributed by atoms with Gasteiger partial charge in [-0.2, -0.15) is 0 Å². The van der Waals surface area contributed by atoms with Crippen molar-refractivity contribution in [3.05, 3.63) is 235 Å². The normalized spacial score (nSPS) is 13.0. The Balaban J connectivity index is 1.12. The molecule has 0 fully saturated rings. The summed E-state index contributed by atoms with van der Waals surface area (Å²) in [6, 6.07) is 78.7. The smallest absolute Gasteiger partial charge is 0.0714 e. The van der Waals surface area contributed by atoms with Crippen LogP contribution in [0, 0.1) is 0 Å². The van der Waals surface area contributed by atoms with E-state index in [1.165, 1.54) is 96.2 Å². The highest BCUT2D eigenvalue weighted by Crippen LogP contribution is 2.57. The van der Waals surface area contributed by atoms with E-state index in [1.807, 2.05) is 22.7 Å². The van der Waals surface area contributed by atoms with Gasteiger partial charge >= 0.3 is 0 Å². The molecular formula is C55H35NS2. The van der Waals surface area contributed by atoms with E-state index in [1.54, 1.807) is 0 Å². The maximum absolute atomic E-state index is 2.52. The molecule has 0 atom stereocenters. The number of rotatable bonds is 6. The number of thiophene rings is 2. The molecule has 58 heavy (non-hydrogen) atoms. The highest BCUT2D eigenvalue weighted by Gasteiger charge is 2.46.